The number of hydrogen-bond acceptors (Lipinski definition) is 2. The Morgan fingerprint density at radius 2 is 2.12 bits per heavy atom. The second kappa shape index (κ2) is 3.06. The first-order chi connectivity index (χ1) is 7.77. The average molecular weight is 212 g/mol. The van der Waals surface area contributed by atoms with E-state index in [1.165, 1.54) is 10.9 Å². The van der Waals surface area contributed by atoms with E-state index in [0.29, 0.717) is 0 Å². The molecule has 0 aliphatic heterocycles. The number of para-hydroxylation sites is 1. The minimum absolute atomic E-state index is 0.282. The molecule has 0 saturated heterocycles. The average Bonchev–Trinajstić information content (AvgIpc) is 2.99. The predicted octanol–water partition coefficient (Wildman–Crippen LogP) is 2.50. The Hall–Kier alpha value is -1.86. The molecule has 3 rings (SSSR count). The number of aryl methyl sites for hydroxylation is 1. The minimum atomic E-state index is -0.282. The number of benzene rings is 1. The van der Waals surface area contributed by atoms with Gasteiger partial charge in [-0.2, -0.15) is 4.99 Å². The lowest BCUT2D eigenvalue weighted by atomic mass is 10.2. The molecule has 1 fully saturated rings. The van der Waals surface area contributed by atoms with Gasteiger partial charge in [-0.05, 0) is 30.4 Å². The van der Waals surface area contributed by atoms with Crippen LogP contribution in [-0.4, -0.2) is 10.6 Å². The highest BCUT2D eigenvalue weighted by Crippen LogP contribution is 2.50. The van der Waals surface area contributed by atoms with Crippen LogP contribution in [0.3, 0.4) is 0 Å². The van der Waals surface area contributed by atoms with E-state index in [2.05, 4.69) is 27.8 Å². The second-order valence-corrected chi connectivity index (χ2v) is 4.38. The van der Waals surface area contributed by atoms with Gasteiger partial charge in [0.15, 0.2) is 0 Å². The molecular formula is C13H12N2O. The van der Waals surface area contributed by atoms with E-state index in [0.717, 1.165) is 18.5 Å². The molecule has 80 valence electrons. The first-order valence-electron chi connectivity index (χ1n) is 5.41. The number of aromatic nitrogens is 1. The quantitative estimate of drug-likeness (QED) is 0.556. The molecule has 3 nitrogen and oxygen atoms in total. The lowest BCUT2D eigenvalue weighted by molar-refractivity contribution is 0.553. The molecule has 0 spiro atoms. The monoisotopic (exact) mass is 212 g/mol. The van der Waals surface area contributed by atoms with Crippen molar-refractivity contribution in [1.82, 2.24) is 4.57 Å². The molecule has 0 atom stereocenters. The van der Waals surface area contributed by atoms with E-state index < -0.39 is 0 Å². The van der Waals surface area contributed by atoms with Gasteiger partial charge in [0.1, 0.15) is 5.54 Å². The summed E-state index contributed by atoms with van der Waals surface area (Å²) in [6.45, 7) is 0. The molecule has 0 radical (unpaired) electrons. The fraction of sp³-hybridized carbons (Fsp3) is 0.308. The normalized spacial score (nSPS) is 17.1. The summed E-state index contributed by atoms with van der Waals surface area (Å²) in [5.74, 6) is 0. The van der Waals surface area contributed by atoms with Crippen LogP contribution in [0, 0.1) is 0 Å². The Morgan fingerprint density at radius 3 is 2.75 bits per heavy atom. The SMILES string of the molecule is Cn1c(C2(N=C=O)CC2)cc2ccccc21. The molecule has 1 aromatic heterocycles. The first kappa shape index (κ1) is 9.37. The summed E-state index contributed by atoms with van der Waals surface area (Å²) in [5, 5.41) is 1.20. The van der Waals surface area contributed by atoms with Gasteiger partial charge in [-0.1, -0.05) is 18.2 Å². The highest BCUT2D eigenvalue weighted by molar-refractivity contribution is 5.81. The van der Waals surface area contributed by atoms with Crippen LogP contribution >= 0.6 is 0 Å². The third-order valence-corrected chi connectivity index (χ3v) is 3.41. The smallest absolute Gasteiger partial charge is 0.235 e. The third kappa shape index (κ3) is 1.15. The lowest BCUT2D eigenvalue weighted by Crippen LogP contribution is -2.08. The molecule has 2 aromatic rings. The zero-order chi connectivity index (χ0) is 11.2. The van der Waals surface area contributed by atoms with Gasteiger partial charge in [-0.25, -0.2) is 4.79 Å². The van der Waals surface area contributed by atoms with Gasteiger partial charge in [-0.15, -0.1) is 0 Å². The maximum absolute atomic E-state index is 10.5. The largest absolute Gasteiger partial charge is 0.345 e. The van der Waals surface area contributed by atoms with Gasteiger partial charge in [0.2, 0.25) is 6.08 Å². The van der Waals surface area contributed by atoms with Gasteiger partial charge < -0.3 is 4.57 Å². The second-order valence-electron chi connectivity index (χ2n) is 4.38. The van der Waals surface area contributed by atoms with Gasteiger partial charge in [0, 0.05) is 18.3 Å². The molecule has 1 saturated carbocycles. The fourth-order valence-electron chi connectivity index (χ4n) is 2.37. The third-order valence-electron chi connectivity index (χ3n) is 3.41. The molecule has 0 amide bonds. The molecular weight excluding hydrogens is 200 g/mol. The van der Waals surface area contributed by atoms with Crippen molar-refractivity contribution in [3.63, 3.8) is 0 Å². The van der Waals surface area contributed by atoms with Crippen molar-refractivity contribution in [2.75, 3.05) is 0 Å². The number of hydrogen-bond donors (Lipinski definition) is 0. The van der Waals surface area contributed by atoms with Gasteiger partial charge in [0.25, 0.3) is 0 Å². The molecule has 0 unspecified atom stereocenters. The minimum Gasteiger partial charge on any atom is -0.345 e. The van der Waals surface area contributed by atoms with E-state index in [-0.39, 0.29) is 5.54 Å². The van der Waals surface area contributed by atoms with E-state index in [9.17, 15) is 4.79 Å². The maximum atomic E-state index is 10.5. The number of isocyanates is 1. The van der Waals surface area contributed by atoms with Gasteiger partial charge in [0.05, 0.1) is 0 Å². The summed E-state index contributed by atoms with van der Waals surface area (Å²) in [4.78, 5) is 14.4. The number of aliphatic imine (C=N–C) groups is 1. The summed E-state index contributed by atoms with van der Waals surface area (Å²) in [6, 6.07) is 10.3. The van der Waals surface area contributed by atoms with E-state index in [1.54, 1.807) is 6.08 Å². The molecule has 3 heteroatoms. The van der Waals surface area contributed by atoms with Crippen molar-refractivity contribution in [1.29, 1.82) is 0 Å². The zero-order valence-electron chi connectivity index (χ0n) is 9.10. The Kier molecular flexibility index (Phi) is 1.79. The summed E-state index contributed by atoms with van der Waals surface area (Å²) in [6.07, 6.45) is 3.60. The maximum Gasteiger partial charge on any atom is 0.235 e. The van der Waals surface area contributed by atoms with Crippen LogP contribution in [0.1, 0.15) is 18.5 Å². The van der Waals surface area contributed by atoms with Crippen LogP contribution in [0.2, 0.25) is 0 Å². The van der Waals surface area contributed by atoms with Crippen molar-refractivity contribution >= 4 is 17.0 Å². The summed E-state index contributed by atoms with van der Waals surface area (Å²) < 4.78 is 2.13. The standard InChI is InChI=1S/C13H12N2O/c1-15-11-5-3-2-4-10(11)8-12(15)13(6-7-13)14-9-16/h2-5,8H,6-7H2,1H3. The molecule has 1 heterocycles. The van der Waals surface area contributed by atoms with Gasteiger partial charge >= 0.3 is 0 Å². The predicted molar refractivity (Wildman–Crippen MR) is 62.0 cm³/mol. The molecule has 1 aliphatic rings. The molecule has 0 N–H and O–H groups in total. The van der Waals surface area contributed by atoms with E-state index in [4.69, 9.17) is 0 Å². The Morgan fingerprint density at radius 1 is 1.38 bits per heavy atom. The molecule has 16 heavy (non-hydrogen) atoms. The van der Waals surface area contributed by atoms with Crippen LogP contribution in [0.5, 0.6) is 0 Å². The van der Waals surface area contributed by atoms with Gasteiger partial charge in [-0.3, -0.25) is 0 Å². The number of nitrogens with zero attached hydrogens (tertiary/aromatic N) is 2. The number of fused-ring (bicyclic) bond motifs is 1. The van der Waals surface area contributed by atoms with Crippen molar-refractivity contribution in [2.24, 2.45) is 12.0 Å². The van der Waals surface area contributed by atoms with E-state index in [1.807, 2.05) is 19.2 Å². The highest BCUT2D eigenvalue weighted by atomic mass is 16.1. The van der Waals surface area contributed by atoms with Crippen LogP contribution in [0.15, 0.2) is 35.3 Å². The van der Waals surface area contributed by atoms with Crippen molar-refractivity contribution < 1.29 is 4.79 Å². The Balaban J connectivity index is 2.25. The molecule has 0 bridgehead atoms. The topological polar surface area (TPSA) is 34.4 Å². The van der Waals surface area contributed by atoms with Crippen LogP contribution in [0.4, 0.5) is 0 Å². The van der Waals surface area contributed by atoms with Crippen LogP contribution in [0.25, 0.3) is 10.9 Å². The van der Waals surface area contributed by atoms with Crippen LogP contribution in [-0.2, 0) is 17.4 Å². The Labute approximate surface area is 93.4 Å². The molecule has 1 aromatic carbocycles. The number of rotatable bonds is 2. The summed E-state index contributed by atoms with van der Waals surface area (Å²) in [5.41, 5.74) is 2.03. The fourth-order valence-corrected chi connectivity index (χ4v) is 2.37. The molecule has 1 aliphatic carbocycles. The summed E-state index contributed by atoms with van der Waals surface area (Å²) >= 11 is 0. The highest BCUT2D eigenvalue weighted by Gasteiger charge is 2.47. The lowest BCUT2D eigenvalue weighted by Gasteiger charge is -2.09. The summed E-state index contributed by atoms with van der Waals surface area (Å²) in [7, 11) is 2.03. The van der Waals surface area contributed by atoms with Crippen molar-refractivity contribution in [3.8, 4) is 0 Å². The van der Waals surface area contributed by atoms with E-state index >= 15 is 0 Å². The van der Waals surface area contributed by atoms with Crippen molar-refractivity contribution in [3.05, 3.63) is 36.0 Å². The van der Waals surface area contributed by atoms with Crippen molar-refractivity contribution in [2.45, 2.75) is 18.4 Å². The number of carbonyl (C=O) groups excluding carboxylic acids is 1. The first-order valence-corrected chi connectivity index (χ1v) is 5.41. The zero-order valence-corrected chi connectivity index (χ0v) is 9.10. The van der Waals surface area contributed by atoms with Crippen LogP contribution < -0.4 is 0 Å². The Bertz CT molecular complexity index is 601.